The average Bonchev–Trinajstić information content (AvgIpc) is 2.68. The molecule has 0 N–H and O–H groups in total. The van der Waals surface area contributed by atoms with Crippen molar-refractivity contribution in [2.24, 2.45) is 0 Å². The normalized spacial score (nSPS) is 16.1. The highest BCUT2D eigenvalue weighted by Gasteiger charge is 2.32. The molecular weight excluding hydrogens is 312 g/mol. The highest BCUT2D eigenvalue weighted by molar-refractivity contribution is 7.99. The molecule has 1 aliphatic heterocycles. The fourth-order valence-electron chi connectivity index (χ4n) is 2.60. The molecule has 0 saturated heterocycles. The number of para-hydroxylation sites is 1. The van der Waals surface area contributed by atoms with Crippen LogP contribution in [-0.2, 0) is 4.79 Å². The lowest BCUT2D eigenvalue weighted by Gasteiger charge is -2.28. The average molecular weight is 330 g/mol. The molecular formula is C16H18N4O2S. The number of fused-ring (bicyclic) bond motifs is 3. The second-order valence-corrected chi connectivity index (χ2v) is 6.30. The van der Waals surface area contributed by atoms with Gasteiger partial charge in [-0.1, -0.05) is 43.8 Å². The van der Waals surface area contributed by atoms with Crippen LogP contribution >= 0.6 is 11.8 Å². The van der Waals surface area contributed by atoms with Crippen molar-refractivity contribution < 1.29 is 9.53 Å². The van der Waals surface area contributed by atoms with Crippen molar-refractivity contribution in [2.45, 2.75) is 38.6 Å². The molecule has 0 bridgehead atoms. The Morgan fingerprint density at radius 2 is 2.09 bits per heavy atom. The minimum absolute atomic E-state index is 0.0757. The second kappa shape index (κ2) is 6.54. The summed E-state index contributed by atoms with van der Waals surface area (Å²) in [6.07, 6.45) is 0.235. The van der Waals surface area contributed by atoms with Gasteiger partial charge in [-0.2, -0.15) is 4.98 Å². The summed E-state index contributed by atoms with van der Waals surface area (Å²) < 4.78 is 6.03. The molecule has 1 aliphatic rings. The molecule has 23 heavy (non-hydrogen) atoms. The summed E-state index contributed by atoms with van der Waals surface area (Å²) in [7, 11) is 0. The lowest BCUT2D eigenvalue weighted by Crippen LogP contribution is -2.42. The van der Waals surface area contributed by atoms with Gasteiger partial charge in [0, 0.05) is 18.9 Å². The number of ether oxygens (including phenoxy) is 1. The standard InChI is InChI=1S/C16H18N4O2S/c1-4-13-20(10(3)21)12-9-7-6-8-11(12)14-15(22-13)17-16(19-18-14)23-5-2/h6-9,13H,4-5H2,1-3H3. The molecule has 0 aliphatic carbocycles. The summed E-state index contributed by atoms with van der Waals surface area (Å²) in [6, 6.07) is 7.61. The van der Waals surface area contributed by atoms with Crippen LogP contribution in [0.2, 0.25) is 0 Å². The lowest BCUT2D eigenvalue weighted by atomic mass is 10.1. The molecule has 1 aromatic carbocycles. The summed E-state index contributed by atoms with van der Waals surface area (Å²) in [4.78, 5) is 18.3. The van der Waals surface area contributed by atoms with Crippen molar-refractivity contribution in [3.63, 3.8) is 0 Å². The zero-order valence-electron chi connectivity index (χ0n) is 13.3. The van der Waals surface area contributed by atoms with E-state index >= 15 is 0 Å². The molecule has 1 unspecified atom stereocenters. The van der Waals surface area contributed by atoms with Gasteiger partial charge in [-0.3, -0.25) is 9.69 Å². The molecule has 120 valence electrons. The zero-order chi connectivity index (χ0) is 16.4. The molecule has 3 rings (SSSR count). The molecule has 0 spiro atoms. The number of hydrogen-bond donors (Lipinski definition) is 0. The summed E-state index contributed by atoms with van der Waals surface area (Å²) in [5.74, 6) is 1.21. The van der Waals surface area contributed by atoms with Crippen LogP contribution in [0.1, 0.15) is 27.2 Å². The summed E-state index contributed by atoms with van der Waals surface area (Å²) in [5.41, 5.74) is 2.16. The van der Waals surface area contributed by atoms with Crippen LogP contribution in [0.5, 0.6) is 5.88 Å². The van der Waals surface area contributed by atoms with Gasteiger partial charge in [0.2, 0.25) is 16.9 Å². The predicted molar refractivity (Wildman–Crippen MR) is 89.5 cm³/mol. The Morgan fingerprint density at radius 3 is 2.78 bits per heavy atom. The van der Waals surface area contributed by atoms with E-state index in [-0.39, 0.29) is 5.91 Å². The Labute approximate surface area is 139 Å². The molecule has 2 heterocycles. The Bertz CT molecular complexity index is 738. The molecule has 1 atom stereocenters. The van der Waals surface area contributed by atoms with E-state index in [4.69, 9.17) is 4.74 Å². The summed E-state index contributed by atoms with van der Waals surface area (Å²) >= 11 is 1.51. The van der Waals surface area contributed by atoms with Gasteiger partial charge < -0.3 is 4.74 Å². The predicted octanol–water partition coefficient (Wildman–Crippen LogP) is 3.13. The molecule has 2 aromatic rings. The van der Waals surface area contributed by atoms with E-state index in [0.717, 1.165) is 17.0 Å². The molecule has 6 nitrogen and oxygen atoms in total. The third-order valence-corrected chi connectivity index (χ3v) is 4.27. The van der Waals surface area contributed by atoms with Crippen LogP contribution < -0.4 is 9.64 Å². The maximum Gasteiger partial charge on any atom is 0.247 e. The van der Waals surface area contributed by atoms with Gasteiger partial charge in [0.1, 0.15) is 0 Å². The van der Waals surface area contributed by atoms with Crippen LogP contribution in [0.25, 0.3) is 11.3 Å². The Balaban J connectivity index is 2.20. The minimum atomic E-state index is -0.411. The maximum atomic E-state index is 12.2. The van der Waals surface area contributed by atoms with E-state index in [1.807, 2.05) is 38.1 Å². The number of hydrogen-bond acceptors (Lipinski definition) is 6. The number of aromatic nitrogens is 3. The largest absolute Gasteiger partial charge is 0.451 e. The van der Waals surface area contributed by atoms with Gasteiger partial charge in [-0.25, -0.2) is 0 Å². The number of nitrogens with zero attached hydrogens (tertiary/aromatic N) is 4. The molecule has 7 heteroatoms. The molecule has 0 saturated carbocycles. The van der Waals surface area contributed by atoms with Gasteiger partial charge in [0.15, 0.2) is 11.9 Å². The first-order chi connectivity index (χ1) is 11.2. The van der Waals surface area contributed by atoms with Gasteiger partial charge in [-0.05, 0) is 11.8 Å². The smallest absolute Gasteiger partial charge is 0.247 e. The van der Waals surface area contributed by atoms with E-state index in [0.29, 0.717) is 23.2 Å². The zero-order valence-corrected chi connectivity index (χ0v) is 14.1. The number of amides is 1. The van der Waals surface area contributed by atoms with Crippen LogP contribution in [-0.4, -0.2) is 33.1 Å². The van der Waals surface area contributed by atoms with E-state index in [9.17, 15) is 4.79 Å². The van der Waals surface area contributed by atoms with E-state index in [1.165, 1.54) is 18.7 Å². The van der Waals surface area contributed by atoms with Crippen molar-refractivity contribution in [2.75, 3.05) is 10.7 Å². The van der Waals surface area contributed by atoms with E-state index in [2.05, 4.69) is 15.2 Å². The quantitative estimate of drug-likeness (QED) is 0.805. The number of carbonyl (C=O) groups excluding carboxylic acids is 1. The fourth-order valence-corrected chi connectivity index (χ4v) is 3.10. The monoisotopic (exact) mass is 330 g/mol. The maximum absolute atomic E-state index is 12.2. The Hall–Kier alpha value is -2.15. The van der Waals surface area contributed by atoms with Crippen molar-refractivity contribution in [1.29, 1.82) is 0 Å². The first-order valence-electron chi connectivity index (χ1n) is 7.59. The first kappa shape index (κ1) is 15.7. The van der Waals surface area contributed by atoms with Gasteiger partial charge >= 0.3 is 0 Å². The SMILES string of the molecule is CCSc1nnc2c(n1)OC(CC)N(C(C)=O)c1ccccc1-2. The molecule has 0 radical (unpaired) electrons. The van der Waals surface area contributed by atoms with Crippen molar-refractivity contribution >= 4 is 23.4 Å². The van der Waals surface area contributed by atoms with Crippen molar-refractivity contribution in [1.82, 2.24) is 15.2 Å². The molecule has 1 aromatic heterocycles. The van der Waals surface area contributed by atoms with Crippen LogP contribution in [0, 0.1) is 0 Å². The second-order valence-electron chi connectivity index (χ2n) is 5.07. The minimum Gasteiger partial charge on any atom is -0.451 e. The molecule has 1 amide bonds. The third kappa shape index (κ3) is 2.88. The number of benzene rings is 1. The summed E-state index contributed by atoms with van der Waals surface area (Å²) in [5, 5.41) is 9.05. The van der Waals surface area contributed by atoms with Crippen LogP contribution in [0.3, 0.4) is 0 Å². The topological polar surface area (TPSA) is 68.2 Å². The lowest BCUT2D eigenvalue weighted by molar-refractivity contribution is -0.118. The van der Waals surface area contributed by atoms with Gasteiger partial charge in [-0.15, -0.1) is 10.2 Å². The van der Waals surface area contributed by atoms with E-state index < -0.39 is 6.23 Å². The number of thioether (sulfide) groups is 1. The van der Waals surface area contributed by atoms with Crippen molar-refractivity contribution in [3.8, 4) is 17.1 Å². The number of carbonyl (C=O) groups is 1. The van der Waals surface area contributed by atoms with Gasteiger partial charge in [0.05, 0.1) is 5.69 Å². The Morgan fingerprint density at radius 1 is 1.30 bits per heavy atom. The van der Waals surface area contributed by atoms with E-state index in [1.54, 1.807) is 4.90 Å². The highest BCUT2D eigenvalue weighted by Crippen LogP contribution is 2.39. The van der Waals surface area contributed by atoms with Crippen LogP contribution in [0.4, 0.5) is 5.69 Å². The molecule has 0 fully saturated rings. The van der Waals surface area contributed by atoms with Crippen molar-refractivity contribution in [3.05, 3.63) is 24.3 Å². The third-order valence-electron chi connectivity index (χ3n) is 3.55. The number of rotatable bonds is 3. The first-order valence-corrected chi connectivity index (χ1v) is 8.57. The summed E-state index contributed by atoms with van der Waals surface area (Å²) in [6.45, 7) is 5.54. The van der Waals surface area contributed by atoms with Gasteiger partial charge in [0.25, 0.3) is 0 Å². The van der Waals surface area contributed by atoms with Crippen LogP contribution in [0.15, 0.2) is 29.4 Å². The number of anilines is 1. The fraction of sp³-hybridized carbons (Fsp3) is 0.375. The Kier molecular flexibility index (Phi) is 4.47. The highest BCUT2D eigenvalue weighted by atomic mass is 32.2.